The van der Waals surface area contributed by atoms with Gasteiger partial charge in [0.2, 0.25) is 0 Å². The smallest absolute Gasteiger partial charge is 0.0247 e. The minimum atomic E-state index is 0.543. The van der Waals surface area contributed by atoms with E-state index in [1.54, 1.807) is 0 Å². The maximum Gasteiger partial charge on any atom is 0.0247 e. The average Bonchev–Trinajstić information content (AvgIpc) is 2.43. The SMILES string of the molecule is Cc1ccc(CN(C)C(CN)C2CCCCC2)cc1. The number of likely N-dealkylation sites (N-methyl/N-ethyl adjacent to an activating group) is 1. The van der Waals surface area contributed by atoms with Crippen LogP contribution in [0.1, 0.15) is 43.2 Å². The third kappa shape index (κ3) is 4.05. The molecule has 106 valence electrons. The molecule has 1 aromatic rings. The van der Waals surface area contributed by atoms with Gasteiger partial charge >= 0.3 is 0 Å². The molecule has 1 fully saturated rings. The molecule has 1 aromatic carbocycles. The number of rotatable bonds is 5. The van der Waals surface area contributed by atoms with E-state index >= 15 is 0 Å². The number of hydrogen-bond acceptors (Lipinski definition) is 2. The van der Waals surface area contributed by atoms with Gasteiger partial charge in [0.1, 0.15) is 0 Å². The van der Waals surface area contributed by atoms with Gasteiger partial charge in [0.25, 0.3) is 0 Å². The first-order chi connectivity index (χ1) is 9.20. The van der Waals surface area contributed by atoms with Gasteiger partial charge in [0.15, 0.2) is 0 Å². The number of hydrogen-bond donors (Lipinski definition) is 1. The third-order valence-corrected chi connectivity index (χ3v) is 4.55. The van der Waals surface area contributed by atoms with E-state index in [9.17, 15) is 0 Å². The lowest BCUT2D eigenvalue weighted by Gasteiger charge is -2.36. The van der Waals surface area contributed by atoms with Gasteiger partial charge in [-0.2, -0.15) is 0 Å². The van der Waals surface area contributed by atoms with Crippen molar-refractivity contribution in [1.82, 2.24) is 4.90 Å². The van der Waals surface area contributed by atoms with Crippen LogP contribution in [0.25, 0.3) is 0 Å². The minimum Gasteiger partial charge on any atom is -0.329 e. The van der Waals surface area contributed by atoms with Gasteiger partial charge in [-0.05, 0) is 38.3 Å². The summed E-state index contributed by atoms with van der Waals surface area (Å²) in [5.41, 5.74) is 8.76. The summed E-state index contributed by atoms with van der Waals surface area (Å²) in [7, 11) is 2.23. The lowest BCUT2D eigenvalue weighted by atomic mass is 9.83. The molecule has 0 bridgehead atoms. The molecule has 0 aromatic heterocycles. The molecule has 0 spiro atoms. The van der Waals surface area contributed by atoms with E-state index in [-0.39, 0.29) is 0 Å². The zero-order valence-corrected chi connectivity index (χ0v) is 12.4. The molecule has 19 heavy (non-hydrogen) atoms. The lowest BCUT2D eigenvalue weighted by Crippen LogP contribution is -2.43. The molecule has 2 rings (SSSR count). The molecule has 1 unspecified atom stereocenters. The monoisotopic (exact) mass is 260 g/mol. The van der Waals surface area contributed by atoms with Gasteiger partial charge in [-0.15, -0.1) is 0 Å². The van der Waals surface area contributed by atoms with E-state index in [2.05, 4.69) is 43.1 Å². The first kappa shape index (κ1) is 14.5. The van der Waals surface area contributed by atoms with Crippen LogP contribution in [0.4, 0.5) is 0 Å². The number of nitrogens with two attached hydrogens (primary N) is 1. The van der Waals surface area contributed by atoms with Crippen LogP contribution in [0, 0.1) is 12.8 Å². The van der Waals surface area contributed by atoms with Crippen LogP contribution in [0.3, 0.4) is 0 Å². The molecule has 1 saturated carbocycles. The Labute approximate surface area is 118 Å². The normalized spacial score (nSPS) is 18.7. The van der Waals surface area contributed by atoms with Crippen molar-refractivity contribution < 1.29 is 0 Å². The van der Waals surface area contributed by atoms with Gasteiger partial charge in [-0.25, -0.2) is 0 Å². The Balaban J connectivity index is 1.95. The fourth-order valence-corrected chi connectivity index (χ4v) is 3.35. The quantitative estimate of drug-likeness (QED) is 0.880. The van der Waals surface area contributed by atoms with Crippen LogP contribution in [0.2, 0.25) is 0 Å². The Kier molecular flexibility index (Phi) is 5.41. The summed E-state index contributed by atoms with van der Waals surface area (Å²) in [5, 5.41) is 0. The predicted molar refractivity (Wildman–Crippen MR) is 82.1 cm³/mol. The zero-order chi connectivity index (χ0) is 13.7. The van der Waals surface area contributed by atoms with E-state index in [1.807, 2.05) is 0 Å². The summed E-state index contributed by atoms with van der Waals surface area (Å²) < 4.78 is 0. The molecule has 2 heteroatoms. The largest absolute Gasteiger partial charge is 0.329 e. The van der Waals surface area contributed by atoms with Crippen LogP contribution in [-0.2, 0) is 6.54 Å². The van der Waals surface area contributed by atoms with Crippen LogP contribution >= 0.6 is 0 Å². The van der Waals surface area contributed by atoms with E-state index in [4.69, 9.17) is 5.73 Å². The molecule has 0 saturated heterocycles. The highest BCUT2D eigenvalue weighted by atomic mass is 15.1. The minimum absolute atomic E-state index is 0.543. The highest BCUT2D eigenvalue weighted by molar-refractivity contribution is 5.21. The summed E-state index contributed by atoms with van der Waals surface area (Å²) >= 11 is 0. The van der Waals surface area contributed by atoms with E-state index < -0.39 is 0 Å². The van der Waals surface area contributed by atoms with Crippen molar-refractivity contribution in [3.8, 4) is 0 Å². The van der Waals surface area contributed by atoms with Crippen molar-refractivity contribution in [2.75, 3.05) is 13.6 Å². The van der Waals surface area contributed by atoms with Gasteiger partial charge in [-0.3, -0.25) is 4.90 Å². The lowest BCUT2D eigenvalue weighted by molar-refractivity contribution is 0.143. The number of benzene rings is 1. The van der Waals surface area contributed by atoms with Crippen molar-refractivity contribution in [1.29, 1.82) is 0 Å². The van der Waals surface area contributed by atoms with Gasteiger partial charge in [0, 0.05) is 19.1 Å². The number of aryl methyl sites for hydroxylation is 1. The first-order valence-corrected chi connectivity index (χ1v) is 7.66. The number of nitrogens with zero attached hydrogens (tertiary/aromatic N) is 1. The Hall–Kier alpha value is -0.860. The van der Waals surface area contributed by atoms with Crippen LogP contribution in [0.5, 0.6) is 0 Å². The maximum atomic E-state index is 6.04. The molecular weight excluding hydrogens is 232 g/mol. The molecule has 1 atom stereocenters. The molecule has 1 aliphatic carbocycles. The summed E-state index contributed by atoms with van der Waals surface area (Å²) in [4.78, 5) is 2.46. The first-order valence-electron chi connectivity index (χ1n) is 7.66. The molecule has 0 aliphatic heterocycles. The second kappa shape index (κ2) is 7.06. The standard InChI is InChI=1S/C17H28N2/c1-14-8-10-15(11-9-14)13-19(2)17(12-18)16-6-4-3-5-7-16/h8-11,16-17H,3-7,12-13,18H2,1-2H3. The molecule has 2 N–H and O–H groups in total. The molecule has 0 radical (unpaired) electrons. The second-order valence-corrected chi connectivity index (χ2v) is 6.10. The van der Waals surface area contributed by atoms with E-state index in [0.29, 0.717) is 6.04 Å². The molecule has 0 amide bonds. The predicted octanol–water partition coefficient (Wildman–Crippen LogP) is 3.33. The summed E-state index contributed by atoms with van der Waals surface area (Å²) in [6.45, 7) is 3.93. The Morgan fingerprint density at radius 1 is 1.16 bits per heavy atom. The summed E-state index contributed by atoms with van der Waals surface area (Å²) in [5.74, 6) is 0.800. The van der Waals surface area contributed by atoms with Gasteiger partial charge < -0.3 is 5.73 Å². The summed E-state index contributed by atoms with van der Waals surface area (Å²) in [6.07, 6.45) is 6.91. The zero-order valence-electron chi connectivity index (χ0n) is 12.4. The van der Waals surface area contributed by atoms with E-state index in [0.717, 1.165) is 19.0 Å². The second-order valence-electron chi connectivity index (χ2n) is 6.10. The van der Waals surface area contributed by atoms with Gasteiger partial charge in [-0.1, -0.05) is 49.1 Å². The molecule has 0 heterocycles. The highest BCUT2D eigenvalue weighted by Crippen LogP contribution is 2.28. The van der Waals surface area contributed by atoms with Crippen molar-refractivity contribution in [2.24, 2.45) is 11.7 Å². The Morgan fingerprint density at radius 2 is 1.79 bits per heavy atom. The molecular formula is C17H28N2. The summed E-state index contributed by atoms with van der Waals surface area (Å²) in [6, 6.07) is 9.41. The molecule has 2 nitrogen and oxygen atoms in total. The topological polar surface area (TPSA) is 29.3 Å². The van der Waals surface area contributed by atoms with Crippen molar-refractivity contribution in [2.45, 2.75) is 51.6 Å². The van der Waals surface area contributed by atoms with Crippen molar-refractivity contribution >= 4 is 0 Å². The van der Waals surface area contributed by atoms with Crippen LogP contribution in [-0.4, -0.2) is 24.5 Å². The molecule has 1 aliphatic rings. The fourth-order valence-electron chi connectivity index (χ4n) is 3.35. The van der Waals surface area contributed by atoms with E-state index in [1.165, 1.54) is 43.2 Å². The average molecular weight is 260 g/mol. The van der Waals surface area contributed by atoms with Crippen molar-refractivity contribution in [3.63, 3.8) is 0 Å². The Morgan fingerprint density at radius 3 is 2.37 bits per heavy atom. The maximum absolute atomic E-state index is 6.04. The Bertz CT molecular complexity index is 365. The fraction of sp³-hybridized carbons (Fsp3) is 0.647. The highest BCUT2D eigenvalue weighted by Gasteiger charge is 2.25. The van der Waals surface area contributed by atoms with Crippen LogP contribution in [0.15, 0.2) is 24.3 Å². The van der Waals surface area contributed by atoms with Crippen LogP contribution < -0.4 is 5.73 Å². The van der Waals surface area contributed by atoms with Crippen molar-refractivity contribution in [3.05, 3.63) is 35.4 Å². The van der Waals surface area contributed by atoms with Gasteiger partial charge in [0.05, 0.1) is 0 Å². The third-order valence-electron chi connectivity index (χ3n) is 4.55.